The van der Waals surface area contributed by atoms with Gasteiger partial charge in [0, 0.05) is 13.1 Å². The zero-order chi connectivity index (χ0) is 14.3. The van der Waals surface area contributed by atoms with Gasteiger partial charge in [-0.15, -0.1) is 0 Å². The van der Waals surface area contributed by atoms with Gasteiger partial charge in [-0.1, -0.05) is 39.0 Å². The summed E-state index contributed by atoms with van der Waals surface area (Å²) in [5.74, 6) is -0.315. The largest absolute Gasteiger partial charge is 0.289 e. The van der Waals surface area contributed by atoms with Crippen molar-refractivity contribution in [2.24, 2.45) is 0 Å². The molecule has 2 amide bonds. The van der Waals surface area contributed by atoms with Gasteiger partial charge in [0.15, 0.2) is 5.11 Å². The molecule has 1 aliphatic heterocycles. The quantitative estimate of drug-likeness (QED) is 0.391. The van der Waals surface area contributed by atoms with Crippen LogP contribution in [0.15, 0.2) is 0 Å². The number of carbonyl (C=O) groups is 2. The number of amides is 2. The summed E-state index contributed by atoms with van der Waals surface area (Å²) in [5.41, 5.74) is 0. The van der Waals surface area contributed by atoms with Crippen LogP contribution in [0.5, 0.6) is 0 Å². The highest BCUT2D eigenvalue weighted by molar-refractivity contribution is 7.80. The maximum absolute atomic E-state index is 11.8. The van der Waals surface area contributed by atoms with E-state index < -0.39 is 0 Å². The van der Waals surface area contributed by atoms with Crippen LogP contribution in [0.3, 0.4) is 0 Å². The molecule has 1 aliphatic rings. The van der Waals surface area contributed by atoms with Crippen molar-refractivity contribution < 1.29 is 9.59 Å². The van der Waals surface area contributed by atoms with E-state index in [2.05, 4.69) is 6.92 Å². The molecule has 108 valence electrons. The van der Waals surface area contributed by atoms with Gasteiger partial charge in [-0.3, -0.25) is 19.4 Å². The third-order valence-corrected chi connectivity index (χ3v) is 3.86. The lowest BCUT2D eigenvalue weighted by molar-refractivity contribution is -0.140. The maximum atomic E-state index is 11.8. The first kappa shape index (κ1) is 16.1. The molecular formula is C14H24N2O2S. The van der Waals surface area contributed by atoms with E-state index in [1.807, 2.05) is 6.92 Å². The van der Waals surface area contributed by atoms with Crippen LogP contribution in [0.25, 0.3) is 0 Å². The Morgan fingerprint density at radius 3 is 2.16 bits per heavy atom. The summed E-state index contributed by atoms with van der Waals surface area (Å²) in [4.78, 5) is 26.6. The number of hydrogen-bond donors (Lipinski definition) is 0. The molecule has 0 aromatic carbocycles. The molecular weight excluding hydrogens is 260 g/mol. The highest BCUT2D eigenvalue weighted by Gasteiger charge is 2.33. The molecule has 0 radical (unpaired) electrons. The number of nitrogens with zero attached hydrogens (tertiary/aromatic N) is 2. The number of thiocarbonyl (C=S) groups is 1. The molecule has 4 nitrogen and oxygen atoms in total. The fourth-order valence-corrected chi connectivity index (χ4v) is 2.69. The van der Waals surface area contributed by atoms with Gasteiger partial charge in [-0.25, -0.2) is 0 Å². The first-order valence-electron chi connectivity index (χ1n) is 7.26. The molecule has 0 saturated carbocycles. The van der Waals surface area contributed by atoms with Crippen molar-refractivity contribution >= 4 is 29.1 Å². The topological polar surface area (TPSA) is 40.6 Å². The molecule has 1 rings (SSSR count). The van der Waals surface area contributed by atoms with E-state index in [1.54, 1.807) is 4.90 Å². The van der Waals surface area contributed by atoms with E-state index in [-0.39, 0.29) is 18.2 Å². The van der Waals surface area contributed by atoms with Gasteiger partial charge in [-0.05, 0) is 25.6 Å². The van der Waals surface area contributed by atoms with Crippen LogP contribution < -0.4 is 0 Å². The van der Waals surface area contributed by atoms with Gasteiger partial charge in [0.2, 0.25) is 11.8 Å². The molecule has 0 spiro atoms. The summed E-state index contributed by atoms with van der Waals surface area (Å²) in [5, 5.41) is 0.386. The van der Waals surface area contributed by atoms with Crippen molar-refractivity contribution in [3.63, 3.8) is 0 Å². The zero-order valence-electron chi connectivity index (χ0n) is 12.0. The molecule has 1 heterocycles. The van der Waals surface area contributed by atoms with Crippen LogP contribution in [-0.2, 0) is 9.59 Å². The van der Waals surface area contributed by atoms with Crippen LogP contribution in [0, 0.1) is 0 Å². The second-order valence-corrected chi connectivity index (χ2v) is 5.28. The van der Waals surface area contributed by atoms with Crippen molar-refractivity contribution in [3.8, 4) is 0 Å². The molecule has 1 saturated heterocycles. The first-order valence-corrected chi connectivity index (χ1v) is 7.67. The van der Waals surface area contributed by atoms with Gasteiger partial charge in [-0.2, -0.15) is 0 Å². The second kappa shape index (κ2) is 8.25. The fourth-order valence-electron chi connectivity index (χ4n) is 2.26. The Morgan fingerprint density at radius 1 is 0.947 bits per heavy atom. The predicted molar refractivity (Wildman–Crippen MR) is 79.7 cm³/mol. The predicted octanol–water partition coefficient (Wildman–Crippen LogP) is 2.71. The molecule has 5 heteroatoms. The smallest absolute Gasteiger partial charge is 0.238 e. The minimum Gasteiger partial charge on any atom is -0.289 e. The van der Waals surface area contributed by atoms with Gasteiger partial charge in [0.1, 0.15) is 6.42 Å². The van der Waals surface area contributed by atoms with Crippen molar-refractivity contribution in [1.29, 1.82) is 0 Å². The summed E-state index contributed by atoms with van der Waals surface area (Å²) < 4.78 is 0. The van der Waals surface area contributed by atoms with E-state index in [0.29, 0.717) is 18.2 Å². The summed E-state index contributed by atoms with van der Waals surface area (Å²) in [6.45, 7) is 5.26. The third kappa shape index (κ3) is 4.56. The molecule has 0 N–H and O–H groups in total. The summed E-state index contributed by atoms with van der Waals surface area (Å²) in [6.07, 6.45) is 7.02. The standard InChI is InChI=1S/C14H24N2O2S/c1-3-5-6-7-8-9-10-16-13(18)11-12(17)15(4-2)14(16)19/h3-11H2,1-2H3. The van der Waals surface area contributed by atoms with E-state index >= 15 is 0 Å². The van der Waals surface area contributed by atoms with Crippen LogP contribution >= 0.6 is 12.2 Å². The van der Waals surface area contributed by atoms with Crippen molar-refractivity contribution in [2.45, 2.75) is 58.8 Å². The average molecular weight is 284 g/mol. The summed E-state index contributed by atoms with van der Waals surface area (Å²) in [6, 6.07) is 0. The van der Waals surface area contributed by atoms with E-state index in [1.165, 1.54) is 30.6 Å². The van der Waals surface area contributed by atoms with Crippen LogP contribution in [0.1, 0.15) is 58.8 Å². The first-order chi connectivity index (χ1) is 9.11. The molecule has 0 aromatic rings. The monoisotopic (exact) mass is 284 g/mol. The lowest BCUT2D eigenvalue weighted by atomic mass is 10.1. The second-order valence-electron chi connectivity index (χ2n) is 4.91. The fraction of sp³-hybridized carbons (Fsp3) is 0.786. The summed E-state index contributed by atoms with van der Waals surface area (Å²) in [7, 11) is 0. The molecule has 0 unspecified atom stereocenters. The maximum Gasteiger partial charge on any atom is 0.238 e. The van der Waals surface area contributed by atoms with E-state index in [0.717, 1.165) is 12.8 Å². The lowest BCUT2D eigenvalue weighted by Crippen LogP contribution is -2.54. The van der Waals surface area contributed by atoms with E-state index in [9.17, 15) is 9.59 Å². The zero-order valence-corrected chi connectivity index (χ0v) is 12.8. The van der Waals surface area contributed by atoms with Crippen LogP contribution in [0.4, 0.5) is 0 Å². The SMILES string of the molecule is CCCCCCCCN1C(=O)CC(=O)N(CC)C1=S. The Morgan fingerprint density at radius 2 is 1.53 bits per heavy atom. The molecule has 0 atom stereocenters. The van der Waals surface area contributed by atoms with E-state index in [4.69, 9.17) is 12.2 Å². The average Bonchev–Trinajstić information content (AvgIpc) is 2.37. The van der Waals surface area contributed by atoms with Crippen LogP contribution in [0.2, 0.25) is 0 Å². The van der Waals surface area contributed by atoms with Crippen LogP contribution in [-0.4, -0.2) is 39.8 Å². The molecule has 1 fully saturated rings. The van der Waals surface area contributed by atoms with Gasteiger partial charge in [0.05, 0.1) is 0 Å². The number of hydrogen-bond acceptors (Lipinski definition) is 3. The Bertz CT molecular complexity index is 344. The lowest BCUT2D eigenvalue weighted by Gasteiger charge is -2.34. The summed E-state index contributed by atoms with van der Waals surface area (Å²) >= 11 is 5.23. The van der Waals surface area contributed by atoms with Gasteiger partial charge < -0.3 is 0 Å². The highest BCUT2D eigenvalue weighted by Crippen LogP contribution is 2.14. The van der Waals surface area contributed by atoms with Crippen molar-refractivity contribution in [1.82, 2.24) is 9.80 Å². The van der Waals surface area contributed by atoms with Gasteiger partial charge >= 0.3 is 0 Å². The van der Waals surface area contributed by atoms with Crippen molar-refractivity contribution in [3.05, 3.63) is 0 Å². The Kier molecular flexibility index (Phi) is 6.99. The Labute approximate surface area is 121 Å². The Balaban J connectivity index is 2.37. The third-order valence-electron chi connectivity index (χ3n) is 3.42. The molecule has 0 aromatic heterocycles. The minimum atomic E-state index is -0.170. The normalized spacial score (nSPS) is 16.4. The number of carbonyl (C=O) groups excluding carboxylic acids is 2. The van der Waals surface area contributed by atoms with Crippen molar-refractivity contribution in [2.75, 3.05) is 13.1 Å². The molecule has 0 bridgehead atoms. The minimum absolute atomic E-state index is 0.0379. The number of unbranched alkanes of at least 4 members (excludes halogenated alkanes) is 5. The van der Waals surface area contributed by atoms with Gasteiger partial charge in [0.25, 0.3) is 0 Å². The number of rotatable bonds is 8. The highest BCUT2D eigenvalue weighted by atomic mass is 32.1. The Hall–Kier alpha value is -0.970. The molecule has 0 aliphatic carbocycles. The molecule has 19 heavy (non-hydrogen) atoms.